The van der Waals surface area contributed by atoms with Gasteiger partial charge in [-0.1, -0.05) is 53.9 Å². The van der Waals surface area contributed by atoms with E-state index >= 15 is 0 Å². The molecule has 0 heterocycles. The normalized spacial score (nSPS) is 47.3. The van der Waals surface area contributed by atoms with Crippen molar-refractivity contribution in [2.45, 2.75) is 116 Å². The molecule has 4 rings (SSSR count). The molecule has 4 aliphatic rings. The zero-order valence-corrected chi connectivity index (χ0v) is 20.6. The van der Waals surface area contributed by atoms with Gasteiger partial charge in [0.1, 0.15) is 17.8 Å². The van der Waals surface area contributed by atoms with E-state index in [0.29, 0.717) is 48.2 Å². The van der Waals surface area contributed by atoms with Crippen LogP contribution in [0.1, 0.15) is 92.4 Å². The fourth-order valence-electron chi connectivity index (χ4n) is 8.34. The third-order valence-corrected chi connectivity index (χ3v) is 10.2. The first-order chi connectivity index (χ1) is 14.9. The van der Waals surface area contributed by atoms with E-state index in [2.05, 4.69) is 27.7 Å². The largest absolute Gasteiger partial charge is 0.393 e. The van der Waals surface area contributed by atoms with Crippen LogP contribution in [0.25, 0.3) is 0 Å². The predicted octanol–water partition coefficient (Wildman–Crippen LogP) is 3.77. The van der Waals surface area contributed by atoms with E-state index in [-0.39, 0.29) is 23.5 Å². The number of carbonyl (C=O) groups is 1. The molecular weight excluding hydrogens is 404 g/mol. The van der Waals surface area contributed by atoms with E-state index in [1.54, 1.807) is 0 Å². The fourth-order valence-corrected chi connectivity index (χ4v) is 8.34. The number of Topliss-reactive ketones (excluding diaryl/α,β-unsaturated/α-hetero) is 1. The molecule has 0 aromatic heterocycles. The summed E-state index contributed by atoms with van der Waals surface area (Å²) >= 11 is 0. The van der Waals surface area contributed by atoms with Crippen LogP contribution in [0, 0.1) is 34.5 Å². The molecule has 9 atom stereocenters. The molecule has 32 heavy (non-hydrogen) atoms. The molecule has 2 saturated carbocycles. The van der Waals surface area contributed by atoms with E-state index in [1.807, 2.05) is 6.92 Å². The number of rotatable bonds is 5. The molecule has 0 unspecified atom stereocenters. The Balaban J connectivity index is 1.70. The molecule has 0 saturated heterocycles. The Morgan fingerprint density at radius 2 is 1.72 bits per heavy atom. The number of hydrogen-bond acceptors (Lipinski definition) is 5. The van der Waals surface area contributed by atoms with Crippen molar-refractivity contribution >= 4 is 5.78 Å². The highest BCUT2D eigenvalue weighted by Crippen LogP contribution is 2.66. The van der Waals surface area contributed by atoms with Gasteiger partial charge in [-0.3, -0.25) is 4.79 Å². The number of carbonyl (C=O) groups excluding carboxylic acids is 1. The first kappa shape index (κ1) is 24.4. The van der Waals surface area contributed by atoms with Crippen LogP contribution in [0.4, 0.5) is 0 Å². The quantitative estimate of drug-likeness (QED) is 0.513. The zero-order valence-electron chi connectivity index (χ0n) is 20.6. The van der Waals surface area contributed by atoms with E-state index in [4.69, 9.17) is 0 Å². The van der Waals surface area contributed by atoms with E-state index in [1.165, 1.54) is 12.8 Å². The van der Waals surface area contributed by atoms with Crippen molar-refractivity contribution in [1.82, 2.24) is 0 Å². The summed E-state index contributed by atoms with van der Waals surface area (Å²) in [6.07, 6.45) is 3.53. The van der Waals surface area contributed by atoms with E-state index < -0.39 is 29.3 Å². The summed E-state index contributed by atoms with van der Waals surface area (Å²) in [7, 11) is 0. The van der Waals surface area contributed by atoms with Crippen LogP contribution in [-0.4, -0.2) is 50.1 Å². The zero-order chi connectivity index (χ0) is 23.6. The molecule has 4 N–H and O–H groups in total. The molecule has 2 fully saturated rings. The predicted molar refractivity (Wildman–Crippen MR) is 124 cm³/mol. The van der Waals surface area contributed by atoms with Gasteiger partial charge in [0.05, 0.1) is 6.10 Å². The number of ketones is 1. The molecule has 0 amide bonds. The Labute approximate surface area is 193 Å². The van der Waals surface area contributed by atoms with Gasteiger partial charge in [-0.15, -0.1) is 0 Å². The molecule has 0 aromatic rings. The van der Waals surface area contributed by atoms with E-state index in [0.717, 1.165) is 19.3 Å². The lowest BCUT2D eigenvalue weighted by Crippen LogP contribution is -2.68. The van der Waals surface area contributed by atoms with Crippen LogP contribution in [-0.2, 0) is 4.79 Å². The minimum absolute atomic E-state index is 0.0107. The molecule has 5 heteroatoms. The molecule has 182 valence electrons. The van der Waals surface area contributed by atoms with Crippen LogP contribution in [0.5, 0.6) is 0 Å². The minimum atomic E-state index is -1.69. The van der Waals surface area contributed by atoms with Crippen molar-refractivity contribution in [3.63, 3.8) is 0 Å². The summed E-state index contributed by atoms with van der Waals surface area (Å²) < 4.78 is 0. The summed E-state index contributed by atoms with van der Waals surface area (Å²) in [6, 6.07) is 0. The van der Waals surface area contributed by atoms with Crippen molar-refractivity contribution < 1.29 is 25.2 Å². The second-order valence-electron chi connectivity index (χ2n) is 12.5. The Hall–Kier alpha value is -0.750. The van der Waals surface area contributed by atoms with Gasteiger partial charge in [0.2, 0.25) is 0 Å². The Morgan fingerprint density at radius 3 is 2.38 bits per heavy atom. The van der Waals surface area contributed by atoms with Crippen molar-refractivity contribution in [2.75, 3.05) is 0 Å². The monoisotopic (exact) mass is 448 g/mol. The van der Waals surface area contributed by atoms with Gasteiger partial charge >= 0.3 is 0 Å². The standard InChI is InChI=1S/C27H44O5/c1-15(2)7-6-8-16(3)18-9-10-19-21-22(20(29)14-25(18,19)4)26(5)12-11-17(28)13-27(26,32)24(31)23(21)30/h15-19,23-24,28,30-32H,6-14H2,1-5H3/t16-,17+,18-,19+,23+,24-,25-,26-,27+/m1/s1. The number of hydrogen-bond donors (Lipinski definition) is 4. The maximum absolute atomic E-state index is 13.8. The molecule has 0 bridgehead atoms. The summed E-state index contributed by atoms with van der Waals surface area (Å²) in [5.41, 5.74) is -1.56. The molecule has 0 aliphatic heterocycles. The minimum Gasteiger partial charge on any atom is -0.393 e. The Morgan fingerprint density at radius 1 is 1.03 bits per heavy atom. The van der Waals surface area contributed by atoms with Crippen molar-refractivity contribution in [1.29, 1.82) is 0 Å². The number of aliphatic hydroxyl groups is 4. The molecule has 4 aliphatic carbocycles. The SMILES string of the molecule is CC(C)CCC[C@@H](C)[C@H]1CC[C@H]2C3=C(C(=O)C[C@]12C)[C@@]1(C)CC[C@H](O)C[C@]1(O)[C@H](O)[C@H]3O. The van der Waals surface area contributed by atoms with Gasteiger partial charge in [-0.2, -0.15) is 0 Å². The van der Waals surface area contributed by atoms with E-state index in [9.17, 15) is 25.2 Å². The average molecular weight is 449 g/mol. The Kier molecular flexibility index (Phi) is 6.23. The molecule has 0 aromatic carbocycles. The highest BCUT2D eigenvalue weighted by atomic mass is 16.4. The maximum atomic E-state index is 13.8. The summed E-state index contributed by atoms with van der Waals surface area (Å²) in [4.78, 5) is 13.8. The smallest absolute Gasteiger partial charge is 0.160 e. The maximum Gasteiger partial charge on any atom is 0.160 e. The lowest BCUT2D eigenvalue weighted by molar-refractivity contribution is -0.215. The first-order valence-electron chi connectivity index (χ1n) is 12.9. The molecule has 5 nitrogen and oxygen atoms in total. The highest BCUT2D eigenvalue weighted by Gasteiger charge is 2.67. The number of fused-ring (bicyclic) bond motifs is 4. The van der Waals surface area contributed by atoms with Crippen molar-refractivity contribution in [3.05, 3.63) is 11.1 Å². The van der Waals surface area contributed by atoms with Crippen molar-refractivity contribution in [3.8, 4) is 0 Å². The van der Waals surface area contributed by atoms with Crippen molar-refractivity contribution in [2.24, 2.45) is 34.5 Å². The highest BCUT2D eigenvalue weighted by molar-refractivity contribution is 6.00. The average Bonchev–Trinajstić information content (AvgIpc) is 3.04. The lowest BCUT2D eigenvalue weighted by atomic mass is 9.47. The lowest BCUT2D eigenvalue weighted by Gasteiger charge is -2.60. The Bertz CT molecular complexity index is 789. The van der Waals surface area contributed by atoms with Crippen LogP contribution >= 0.6 is 0 Å². The van der Waals surface area contributed by atoms with Gasteiger partial charge in [0.25, 0.3) is 0 Å². The van der Waals surface area contributed by atoms with Crippen LogP contribution in [0.3, 0.4) is 0 Å². The summed E-state index contributed by atoms with van der Waals surface area (Å²) in [5.74, 6) is 1.73. The van der Waals surface area contributed by atoms with Gasteiger partial charge < -0.3 is 20.4 Å². The topological polar surface area (TPSA) is 98.0 Å². The van der Waals surface area contributed by atoms with Crippen LogP contribution in [0.15, 0.2) is 11.1 Å². The van der Waals surface area contributed by atoms with Gasteiger partial charge in [0, 0.05) is 23.8 Å². The third kappa shape index (κ3) is 3.37. The first-order valence-corrected chi connectivity index (χ1v) is 12.9. The fraction of sp³-hybridized carbons (Fsp3) is 0.889. The van der Waals surface area contributed by atoms with Crippen LogP contribution in [0.2, 0.25) is 0 Å². The molecule has 0 radical (unpaired) electrons. The van der Waals surface area contributed by atoms with Crippen LogP contribution < -0.4 is 0 Å². The number of aliphatic hydroxyl groups excluding tert-OH is 3. The molecular formula is C27H44O5. The second kappa shape index (κ2) is 8.18. The van der Waals surface area contributed by atoms with Gasteiger partial charge in [0.15, 0.2) is 5.78 Å². The third-order valence-electron chi connectivity index (χ3n) is 10.2. The van der Waals surface area contributed by atoms with Gasteiger partial charge in [-0.25, -0.2) is 0 Å². The van der Waals surface area contributed by atoms with Gasteiger partial charge in [-0.05, 0) is 60.3 Å². The summed E-state index contributed by atoms with van der Waals surface area (Å²) in [6.45, 7) is 10.9. The summed E-state index contributed by atoms with van der Waals surface area (Å²) in [5, 5.41) is 44.2. The second-order valence-corrected chi connectivity index (χ2v) is 12.5. The molecule has 0 spiro atoms.